The fourth-order valence-corrected chi connectivity index (χ4v) is 3.93. The normalized spacial score (nSPS) is 14.2. The summed E-state index contributed by atoms with van der Waals surface area (Å²) < 4.78 is 26.9. The van der Waals surface area contributed by atoms with Gasteiger partial charge in [-0.05, 0) is 74.1 Å². The van der Waals surface area contributed by atoms with Crippen LogP contribution in [0.3, 0.4) is 0 Å². The monoisotopic (exact) mass is 372 g/mol. The van der Waals surface area contributed by atoms with Crippen molar-refractivity contribution in [1.29, 1.82) is 0 Å². The number of nitrogens with one attached hydrogen (secondary N) is 2. The first-order chi connectivity index (χ1) is 12.3. The van der Waals surface area contributed by atoms with Gasteiger partial charge in [0.05, 0.1) is 4.90 Å². The maximum atomic E-state index is 12.1. The number of hydrogen-bond donors (Lipinski definition) is 2. The van der Waals surface area contributed by atoms with Crippen LogP contribution in [0.2, 0.25) is 0 Å². The number of sulfonamides is 1. The van der Waals surface area contributed by atoms with Crippen molar-refractivity contribution in [2.75, 3.05) is 5.32 Å². The molecule has 26 heavy (non-hydrogen) atoms. The number of amides is 1. The van der Waals surface area contributed by atoms with Crippen molar-refractivity contribution in [3.8, 4) is 0 Å². The van der Waals surface area contributed by atoms with Crippen molar-refractivity contribution in [2.45, 2.75) is 50.5 Å². The summed E-state index contributed by atoms with van der Waals surface area (Å²) in [6.07, 6.45) is 2.73. The van der Waals surface area contributed by atoms with E-state index in [2.05, 4.69) is 10.0 Å². The van der Waals surface area contributed by atoms with Crippen LogP contribution in [0, 0.1) is 13.8 Å². The lowest BCUT2D eigenvalue weighted by atomic mass is 10.1. The highest BCUT2D eigenvalue weighted by Gasteiger charge is 2.27. The Bertz CT molecular complexity index is 901. The van der Waals surface area contributed by atoms with E-state index in [0.29, 0.717) is 12.8 Å². The number of hydrogen-bond acceptors (Lipinski definition) is 3. The molecule has 1 aliphatic rings. The maximum Gasteiger partial charge on any atom is 0.240 e. The van der Waals surface area contributed by atoms with Gasteiger partial charge < -0.3 is 5.32 Å². The molecule has 0 spiro atoms. The summed E-state index contributed by atoms with van der Waals surface area (Å²) in [7, 11) is -3.42. The molecule has 0 radical (unpaired) electrons. The van der Waals surface area contributed by atoms with Gasteiger partial charge in [0.15, 0.2) is 0 Å². The predicted molar refractivity (Wildman–Crippen MR) is 103 cm³/mol. The van der Waals surface area contributed by atoms with E-state index in [1.54, 1.807) is 24.3 Å². The lowest BCUT2D eigenvalue weighted by molar-refractivity contribution is -0.116. The highest BCUT2D eigenvalue weighted by Crippen LogP contribution is 2.22. The largest absolute Gasteiger partial charge is 0.326 e. The van der Waals surface area contributed by atoms with Gasteiger partial charge in [-0.2, -0.15) is 0 Å². The molecule has 0 saturated heterocycles. The quantitative estimate of drug-likeness (QED) is 0.783. The van der Waals surface area contributed by atoms with Crippen LogP contribution in [0.1, 0.15) is 36.0 Å². The SMILES string of the molecule is Cc1ccc(NC(=O)CCc2ccc(S(=O)(=O)NC3CC3)cc2)cc1C. The number of carbonyl (C=O) groups excluding carboxylic acids is 1. The molecule has 1 amide bonds. The molecule has 2 N–H and O–H groups in total. The van der Waals surface area contributed by atoms with E-state index < -0.39 is 10.0 Å². The molecule has 5 nitrogen and oxygen atoms in total. The van der Waals surface area contributed by atoms with Crippen LogP contribution in [0.4, 0.5) is 5.69 Å². The van der Waals surface area contributed by atoms with Gasteiger partial charge in [-0.25, -0.2) is 13.1 Å². The average molecular weight is 372 g/mol. The van der Waals surface area contributed by atoms with Crippen molar-refractivity contribution >= 4 is 21.6 Å². The number of benzene rings is 2. The fraction of sp³-hybridized carbons (Fsp3) is 0.350. The second-order valence-corrected chi connectivity index (χ2v) is 8.60. The first-order valence-electron chi connectivity index (χ1n) is 8.82. The van der Waals surface area contributed by atoms with Crippen LogP contribution in [-0.2, 0) is 21.2 Å². The molecular weight excluding hydrogens is 348 g/mol. The van der Waals surface area contributed by atoms with Gasteiger partial charge in [0.1, 0.15) is 0 Å². The number of aryl methyl sites for hydroxylation is 3. The molecule has 0 atom stereocenters. The van der Waals surface area contributed by atoms with Crippen LogP contribution in [0.5, 0.6) is 0 Å². The minimum Gasteiger partial charge on any atom is -0.326 e. The van der Waals surface area contributed by atoms with Crippen molar-refractivity contribution < 1.29 is 13.2 Å². The molecule has 1 fully saturated rings. The van der Waals surface area contributed by atoms with E-state index >= 15 is 0 Å². The Kier molecular flexibility index (Phi) is 5.44. The Morgan fingerprint density at radius 2 is 1.73 bits per heavy atom. The Balaban J connectivity index is 1.54. The first kappa shape index (κ1) is 18.6. The third-order valence-corrected chi connectivity index (χ3v) is 6.10. The van der Waals surface area contributed by atoms with Crippen molar-refractivity contribution in [1.82, 2.24) is 4.72 Å². The van der Waals surface area contributed by atoms with Crippen LogP contribution in [0.15, 0.2) is 47.4 Å². The smallest absolute Gasteiger partial charge is 0.240 e. The summed E-state index contributed by atoms with van der Waals surface area (Å²) in [4.78, 5) is 12.4. The van der Waals surface area contributed by atoms with Gasteiger partial charge in [-0.1, -0.05) is 18.2 Å². The minimum atomic E-state index is -3.42. The molecule has 1 aliphatic carbocycles. The molecule has 3 rings (SSSR count). The molecular formula is C20H24N2O3S. The molecule has 2 aromatic rings. The summed E-state index contributed by atoms with van der Waals surface area (Å²) in [5.41, 5.74) is 4.06. The van der Waals surface area contributed by atoms with Gasteiger partial charge in [-0.3, -0.25) is 4.79 Å². The lowest BCUT2D eigenvalue weighted by Gasteiger charge is -2.09. The van der Waals surface area contributed by atoms with Crippen LogP contribution < -0.4 is 10.0 Å². The molecule has 1 saturated carbocycles. The Hall–Kier alpha value is -2.18. The standard InChI is InChI=1S/C20H24N2O3S/c1-14-3-7-18(13-15(14)2)21-20(23)12-6-16-4-10-19(11-5-16)26(24,25)22-17-8-9-17/h3-5,7,10-11,13,17,22H,6,8-9,12H2,1-2H3,(H,21,23). The Morgan fingerprint density at radius 1 is 1.04 bits per heavy atom. The van der Waals surface area contributed by atoms with Gasteiger partial charge in [0.25, 0.3) is 0 Å². The van der Waals surface area contributed by atoms with Crippen molar-refractivity contribution in [3.63, 3.8) is 0 Å². The maximum absolute atomic E-state index is 12.1. The van der Waals surface area contributed by atoms with E-state index in [9.17, 15) is 13.2 Å². The van der Waals surface area contributed by atoms with E-state index in [1.165, 1.54) is 5.56 Å². The highest BCUT2D eigenvalue weighted by molar-refractivity contribution is 7.89. The van der Waals surface area contributed by atoms with E-state index in [1.807, 2.05) is 32.0 Å². The predicted octanol–water partition coefficient (Wildman–Crippen LogP) is 3.32. The Morgan fingerprint density at radius 3 is 2.35 bits per heavy atom. The zero-order chi connectivity index (χ0) is 18.7. The summed E-state index contributed by atoms with van der Waals surface area (Å²) in [5, 5.41) is 2.90. The number of anilines is 1. The van der Waals surface area contributed by atoms with Gasteiger partial charge in [0.2, 0.25) is 15.9 Å². The van der Waals surface area contributed by atoms with E-state index in [-0.39, 0.29) is 16.8 Å². The molecule has 138 valence electrons. The molecule has 0 unspecified atom stereocenters. The summed E-state index contributed by atoms with van der Waals surface area (Å²) in [6.45, 7) is 4.05. The van der Waals surface area contributed by atoms with E-state index in [4.69, 9.17) is 0 Å². The van der Waals surface area contributed by atoms with Gasteiger partial charge in [0, 0.05) is 18.2 Å². The Labute approximate surface area is 154 Å². The second kappa shape index (κ2) is 7.60. The van der Waals surface area contributed by atoms with Crippen molar-refractivity contribution in [3.05, 3.63) is 59.2 Å². The molecule has 0 aromatic heterocycles. The third kappa shape index (κ3) is 4.93. The minimum absolute atomic E-state index is 0.0552. The first-order valence-corrected chi connectivity index (χ1v) is 10.3. The summed E-state index contributed by atoms with van der Waals surface area (Å²) >= 11 is 0. The molecule has 0 heterocycles. The summed E-state index contributed by atoms with van der Waals surface area (Å²) in [6, 6.07) is 12.7. The van der Waals surface area contributed by atoms with Gasteiger partial charge >= 0.3 is 0 Å². The number of carbonyl (C=O) groups is 1. The number of rotatable bonds is 7. The second-order valence-electron chi connectivity index (χ2n) is 6.89. The zero-order valence-electron chi connectivity index (χ0n) is 15.1. The van der Waals surface area contributed by atoms with Crippen LogP contribution >= 0.6 is 0 Å². The van der Waals surface area contributed by atoms with Crippen LogP contribution in [-0.4, -0.2) is 20.4 Å². The van der Waals surface area contributed by atoms with Crippen molar-refractivity contribution in [2.24, 2.45) is 0 Å². The third-order valence-electron chi connectivity index (χ3n) is 4.56. The summed E-state index contributed by atoms with van der Waals surface area (Å²) in [5.74, 6) is -0.0552. The topological polar surface area (TPSA) is 75.3 Å². The van der Waals surface area contributed by atoms with Gasteiger partial charge in [-0.15, -0.1) is 0 Å². The fourth-order valence-electron chi connectivity index (χ4n) is 2.62. The molecule has 2 aromatic carbocycles. The van der Waals surface area contributed by atoms with Crippen LogP contribution in [0.25, 0.3) is 0 Å². The highest BCUT2D eigenvalue weighted by atomic mass is 32.2. The average Bonchev–Trinajstić information content (AvgIpc) is 3.40. The molecule has 0 bridgehead atoms. The van der Waals surface area contributed by atoms with E-state index in [0.717, 1.165) is 29.7 Å². The lowest BCUT2D eigenvalue weighted by Crippen LogP contribution is -2.25. The zero-order valence-corrected chi connectivity index (χ0v) is 15.9. The molecule has 0 aliphatic heterocycles. The molecule has 6 heteroatoms.